The van der Waals surface area contributed by atoms with Gasteiger partial charge in [0.05, 0.1) is 42.5 Å². The third-order valence-corrected chi connectivity index (χ3v) is 14.1. The number of carbonyl (C=O) groups excluding carboxylic acids is 2. The van der Waals surface area contributed by atoms with Crippen molar-refractivity contribution in [2.75, 3.05) is 26.2 Å². The lowest BCUT2D eigenvalue weighted by atomic mass is 9.89. The number of imidazole rings is 2. The minimum absolute atomic E-state index is 0.0363. The molecule has 0 spiro atoms. The molecular formula is C51H53F2N7O2. The number of benzene rings is 4. The van der Waals surface area contributed by atoms with Crippen LogP contribution in [0.5, 0.6) is 0 Å². The first-order valence-corrected chi connectivity index (χ1v) is 22.2. The van der Waals surface area contributed by atoms with Gasteiger partial charge in [0.25, 0.3) is 5.92 Å². The van der Waals surface area contributed by atoms with E-state index < -0.39 is 17.9 Å². The van der Waals surface area contributed by atoms with Crippen molar-refractivity contribution in [3.8, 4) is 33.6 Å². The molecule has 2 saturated carbocycles. The molecule has 4 aliphatic rings. The van der Waals surface area contributed by atoms with E-state index in [1.54, 1.807) is 6.20 Å². The van der Waals surface area contributed by atoms with Crippen LogP contribution in [0.1, 0.15) is 74.1 Å². The van der Waals surface area contributed by atoms with Crippen molar-refractivity contribution in [3.63, 3.8) is 0 Å². The highest BCUT2D eigenvalue weighted by Crippen LogP contribution is 2.65. The Morgan fingerprint density at radius 2 is 1.58 bits per heavy atom. The number of nitrogens with one attached hydrogen (secondary N) is 2. The fourth-order valence-corrected chi connectivity index (χ4v) is 10.7. The lowest BCUT2D eigenvalue weighted by molar-refractivity contribution is -0.137. The van der Waals surface area contributed by atoms with Gasteiger partial charge in [0, 0.05) is 30.8 Å². The molecule has 3 fully saturated rings. The highest BCUT2D eigenvalue weighted by molar-refractivity contribution is 5.94. The van der Waals surface area contributed by atoms with E-state index in [0.29, 0.717) is 11.7 Å². The average molecular weight is 834 g/mol. The zero-order chi connectivity index (χ0) is 42.8. The minimum Gasteiger partial charge on any atom is -0.343 e. The Morgan fingerprint density at radius 3 is 2.29 bits per heavy atom. The van der Waals surface area contributed by atoms with Gasteiger partial charge < -0.3 is 19.8 Å². The summed E-state index contributed by atoms with van der Waals surface area (Å²) in [5, 5.41) is 0. The topological polar surface area (TPSA) is 101 Å². The monoisotopic (exact) mass is 833 g/mol. The van der Waals surface area contributed by atoms with E-state index >= 15 is 0 Å². The highest BCUT2D eigenvalue weighted by atomic mass is 19.3. The first kappa shape index (κ1) is 40.2. The van der Waals surface area contributed by atoms with Crippen LogP contribution in [0.15, 0.2) is 109 Å². The molecule has 10 rings (SSSR count). The minimum atomic E-state index is -3.05. The predicted octanol–water partition coefficient (Wildman–Crippen LogP) is 8.96. The first-order valence-electron chi connectivity index (χ1n) is 22.2. The van der Waals surface area contributed by atoms with Crippen molar-refractivity contribution in [1.82, 2.24) is 34.6 Å². The summed E-state index contributed by atoms with van der Waals surface area (Å²) in [6.45, 7) is 7.09. The van der Waals surface area contributed by atoms with E-state index in [1.165, 1.54) is 10.5 Å². The second kappa shape index (κ2) is 15.4. The number of hydrogen-bond donors (Lipinski definition) is 2. The maximum Gasteiger partial charge on any atom is 0.262 e. The van der Waals surface area contributed by atoms with E-state index in [1.807, 2.05) is 48.5 Å². The number of halogens is 2. The number of fused-ring (bicyclic) bond motifs is 4. The maximum atomic E-state index is 15.0. The van der Waals surface area contributed by atoms with E-state index in [0.717, 1.165) is 115 Å². The molecule has 318 valence electrons. The van der Waals surface area contributed by atoms with Gasteiger partial charge in [-0.1, -0.05) is 117 Å². The normalized spacial score (nSPS) is 22.3. The second-order valence-corrected chi connectivity index (χ2v) is 17.9. The van der Waals surface area contributed by atoms with Gasteiger partial charge in [-0.3, -0.25) is 14.5 Å². The summed E-state index contributed by atoms with van der Waals surface area (Å²) in [6.07, 6.45) is 6.29. The summed E-state index contributed by atoms with van der Waals surface area (Å²) in [7, 11) is 0. The number of alkyl halides is 2. The Labute approximate surface area is 361 Å². The van der Waals surface area contributed by atoms with Gasteiger partial charge in [-0.25, -0.2) is 18.7 Å². The van der Waals surface area contributed by atoms with Crippen LogP contribution in [0.4, 0.5) is 8.78 Å². The number of aryl methyl sites for hydroxylation is 2. The molecule has 9 nitrogen and oxygen atoms in total. The Kier molecular flexibility index (Phi) is 10.0. The fraction of sp³-hybridized carbons (Fsp3) is 0.373. The third-order valence-electron chi connectivity index (χ3n) is 14.1. The third kappa shape index (κ3) is 7.04. The van der Waals surface area contributed by atoms with Crippen LogP contribution in [0, 0.1) is 5.92 Å². The molecule has 2 amide bonds. The van der Waals surface area contributed by atoms with Crippen LogP contribution >= 0.6 is 0 Å². The molecule has 2 N–H and O–H groups in total. The van der Waals surface area contributed by atoms with E-state index in [4.69, 9.17) is 4.98 Å². The number of aromatic amines is 2. The van der Waals surface area contributed by atoms with Crippen molar-refractivity contribution in [2.45, 2.75) is 88.8 Å². The zero-order valence-electron chi connectivity index (χ0n) is 35.6. The first-order chi connectivity index (χ1) is 30.0. The molecule has 2 aromatic heterocycles. The molecule has 0 bridgehead atoms. The summed E-state index contributed by atoms with van der Waals surface area (Å²) >= 11 is 0. The van der Waals surface area contributed by atoms with Gasteiger partial charge in [-0.2, -0.15) is 0 Å². The summed E-state index contributed by atoms with van der Waals surface area (Å²) in [6, 6.07) is 34.6. The molecule has 4 atom stereocenters. The Balaban J connectivity index is 0.853. The van der Waals surface area contributed by atoms with Gasteiger partial charge >= 0.3 is 0 Å². The van der Waals surface area contributed by atoms with Crippen molar-refractivity contribution < 1.29 is 18.4 Å². The van der Waals surface area contributed by atoms with Gasteiger partial charge in [0.1, 0.15) is 17.2 Å². The average Bonchev–Trinajstić information content (AvgIpc) is 3.97. The molecule has 11 heteroatoms. The molecule has 3 unspecified atom stereocenters. The van der Waals surface area contributed by atoms with Crippen LogP contribution in [-0.2, 0) is 46.4 Å². The summed E-state index contributed by atoms with van der Waals surface area (Å²) in [5.74, 6) is -1.35. The van der Waals surface area contributed by atoms with Gasteiger partial charge in [-0.05, 0) is 84.5 Å². The Morgan fingerprint density at radius 1 is 0.871 bits per heavy atom. The number of likely N-dealkylation sites (N-methyl/N-ethyl adjacent to an activating group) is 1. The maximum absolute atomic E-state index is 15.0. The number of rotatable bonds is 14. The van der Waals surface area contributed by atoms with Crippen LogP contribution in [0.25, 0.3) is 33.6 Å². The van der Waals surface area contributed by atoms with Gasteiger partial charge in [-0.15, -0.1) is 0 Å². The number of piperidine rings is 1. The van der Waals surface area contributed by atoms with Crippen LogP contribution < -0.4 is 0 Å². The number of carbonyl (C=O) groups is 2. The molecule has 3 heterocycles. The molecular weight excluding hydrogens is 781 g/mol. The summed E-state index contributed by atoms with van der Waals surface area (Å²) in [4.78, 5) is 50.8. The van der Waals surface area contributed by atoms with Crippen molar-refractivity contribution in [2.24, 2.45) is 5.92 Å². The lowest BCUT2D eigenvalue weighted by Crippen LogP contribution is -2.48. The molecule has 0 radical (unpaired) electrons. The number of amides is 2. The fourth-order valence-electron chi connectivity index (χ4n) is 10.7. The number of aromatic nitrogens is 4. The van der Waals surface area contributed by atoms with Gasteiger partial charge in [0.2, 0.25) is 11.8 Å². The largest absolute Gasteiger partial charge is 0.343 e. The molecule has 62 heavy (non-hydrogen) atoms. The zero-order valence-corrected chi connectivity index (χ0v) is 35.6. The number of likely N-dealkylation sites (tertiary alicyclic amines) is 1. The van der Waals surface area contributed by atoms with E-state index in [-0.39, 0.29) is 36.4 Å². The highest BCUT2D eigenvalue weighted by Gasteiger charge is 2.72. The van der Waals surface area contributed by atoms with E-state index in [9.17, 15) is 18.4 Å². The van der Waals surface area contributed by atoms with E-state index in [2.05, 4.69) is 93.2 Å². The van der Waals surface area contributed by atoms with Gasteiger partial charge in [0.15, 0.2) is 0 Å². The van der Waals surface area contributed by atoms with Crippen molar-refractivity contribution >= 4 is 11.8 Å². The number of H-pyrrole nitrogens is 2. The molecule has 1 aliphatic heterocycles. The quantitative estimate of drug-likeness (QED) is 0.114. The number of hydrogen-bond acceptors (Lipinski definition) is 5. The molecule has 1 saturated heterocycles. The van der Waals surface area contributed by atoms with Crippen molar-refractivity contribution in [3.05, 3.63) is 143 Å². The van der Waals surface area contributed by atoms with Crippen LogP contribution in [0.3, 0.4) is 0 Å². The second-order valence-electron chi connectivity index (χ2n) is 17.9. The van der Waals surface area contributed by atoms with Crippen LogP contribution in [-0.4, -0.2) is 84.6 Å². The molecule has 3 aliphatic carbocycles. The van der Waals surface area contributed by atoms with Crippen molar-refractivity contribution in [1.29, 1.82) is 0 Å². The van der Waals surface area contributed by atoms with Crippen LogP contribution in [0.2, 0.25) is 0 Å². The summed E-state index contributed by atoms with van der Waals surface area (Å²) in [5.41, 5.74) is 9.40. The molecule has 6 aromatic rings. The Hall–Kier alpha value is -5.94. The predicted molar refractivity (Wildman–Crippen MR) is 236 cm³/mol. The smallest absolute Gasteiger partial charge is 0.262 e. The lowest BCUT2D eigenvalue weighted by Gasteiger charge is -2.33. The Bertz CT molecular complexity index is 2620. The summed E-state index contributed by atoms with van der Waals surface area (Å²) < 4.78 is 28.4. The SMILES string of the molecule is CCN(CC)C1CC1(C(=O)N1CC[C@H]2CC21c1nc2c([nH]1)CCc1cc(-c3ccc(-c4cnc(CN(CC(C)(F)F)C(=O)Cc5ccccc5)[nH]4)cc3)ccc1-2)c1ccccc1. The molecule has 4 aromatic carbocycles. The number of nitrogens with zero attached hydrogens (tertiary/aromatic N) is 5. The standard InChI is InChI=1S/C51H53F2N7O2/c1-4-58(5-2)43-29-50(43,38-14-10-7-11-15-38)48(62)60-25-24-39-28-51(39,60)47-56-41-23-21-37-27-36(20-22-40(37)46(41)57-47)34-16-18-35(19-17-34)42-30-54-44(55-42)31-59(32-49(3,52)53)45(61)26-33-12-8-6-9-13-33/h6-20,22,27,30,39,43H,4-5,21,23-26,28-29,31-32H2,1-3H3,(H,54,55)(H,56,57)/t39-,43?,50?,51?/m0/s1.